The second kappa shape index (κ2) is 3.79. The van der Waals surface area contributed by atoms with E-state index in [2.05, 4.69) is 20.5 Å². The Kier molecular flexibility index (Phi) is 2.32. The lowest BCUT2D eigenvalue weighted by Crippen LogP contribution is -2.13. The smallest absolute Gasteiger partial charge is 0.259 e. The second-order valence-corrected chi connectivity index (χ2v) is 2.90. The van der Waals surface area contributed by atoms with Crippen LogP contribution in [0.3, 0.4) is 0 Å². The standard InChI is InChI=1S/C9H9N5O/c10-8-1-2-11-5-7(8)9(15)14-6-3-12-13-4-6/h1-5H,(H2,10,11)(H,12,13)(H,14,15). The highest BCUT2D eigenvalue weighted by atomic mass is 16.1. The lowest BCUT2D eigenvalue weighted by molar-refractivity contribution is 0.102. The fourth-order valence-electron chi connectivity index (χ4n) is 1.11. The summed E-state index contributed by atoms with van der Waals surface area (Å²) in [5, 5.41) is 8.92. The van der Waals surface area contributed by atoms with Crippen molar-refractivity contribution in [2.45, 2.75) is 0 Å². The quantitative estimate of drug-likeness (QED) is 0.667. The van der Waals surface area contributed by atoms with E-state index in [9.17, 15) is 4.79 Å². The molecule has 6 nitrogen and oxygen atoms in total. The topological polar surface area (TPSA) is 96.7 Å². The summed E-state index contributed by atoms with van der Waals surface area (Å²) in [6, 6.07) is 1.57. The molecule has 2 rings (SSSR count). The highest BCUT2D eigenvalue weighted by Gasteiger charge is 2.09. The molecule has 0 spiro atoms. The average Bonchev–Trinajstić information content (AvgIpc) is 2.71. The molecule has 0 fully saturated rings. The summed E-state index contributed by atoms with van der Waals surface area (Å²) in [7, 11) is 0. The van der Waals surface area contributed by atoms with Gasteiger partial charge in [-0.25, -0.2) is 0 Å². The van der Waals surface area contributed by atoms with Gasteiger partial charge in [0, 0.05) is 24.3 Å². The number of aromatic amines is 1. The highest BCUT2D eigenvalue weighted by molar-refractivity contribution is 6.07. The molecule has 0 aliphatic heterocycles. The Morgan fingerprint density at radius 1 is 1.47 bits per heavy atom. The minimum absolute atomic E-state index is 0.304. The Balaban J connectivity index is 2.19. The molecular weight excluding hydrogens is 194 g/mol. The number of nitrogen functional groups attached to an aromatic ring is 1. The van der Waals surface area contributed by atoms with Crippen molar-refractivity contribution < 1.29 is 4.79 Å². The molecule has 15 heavy (non-hydrogen) atoms. The predicted octanol–water partition coefficient (Wildman–Crippen LogP) is 0.639. The van der Waals surface area contributed by atoms with Crippen LogP contribution >= 0.6 is 0 Å². The Morgan fingerprint density at radius 3 is 3.00 bits per heavy atom. The average molecular weight is 203 g/mol. The molecule has 2 heterocycles. The van der Waals surface area contributed by atoms with Crippen molar-refractivity contribution in [2.75, 3.05) is 11.1 Å². The lowest BCUT2D eigenvalue weighted by Gasteiger charge is -2.03. The number of rotatable bonds is 2. The van der Waals surface area contributed by atoms with Crippen LogP contribution in [-0.2, 0) is 0 Å². The van der Waals surface area contributed by atoms with Crippen LogP contribution in [0.25, 0.3) is 0 Å². The van der Waals surface area contributed by atoms with Gasteiger partial charge in [0.05, 0.1) is 17.4 Å². The van der Waals surface area contributed by atoms with E-state index in [1.165, 1.54) is 18.6 Å². The summed E-state index contributed by atoms with van der Waals surface area (Å²) < 4.78 is 0. The number of carbonyl (C=O) groups is 1. The fourth-order valence-corrected chi connectivity index (χ4v) is 1.11. The third-order valence-electron chi connectivity index (χ3n) is 1.86. The molecule has 0 saturated carbocycles. The number of carbonyl (C=O) groups excluding carboxylic acids is 1. The predicted molar refractivity (Wildman–Crippen MR) is 55.2 cm³/mol. The normalized spacial score (nSPS) is 9.87. The van der Waals surface area contributed by atoms with Crippen LogP contribution in [0.5, 0.6) is 0 Å². The molecule has 76 valence electrons. The van der Waals surface area contributed by atoms with Gasteiger partial charge in [-0.05, 0) is 6.07 Å². The lowest BCUT2D eigenvalue weighted by atomic mass is 10.2. The van der Waals surface area contributed by atoms with Gasteiger partial charge in [0.15, 0.2) is 0 Å². The van der Waals surface area contributed by atoms with Crippen LogP contribution in [0.2, 0.25) is 0 Å². The summed E-state index contributed by atoms with van der Waals surface area (Å²) in [6.45, 7) is 0. The molecule has 2 aromatic heterocycles. The first-order valence-electron chi connectivity index (χ1n) is 4.27. The number of pyridine rings is 1. The summed E-state index contributed by atoms with van der Waals surface area (Å²) in [6.07, 6.45) is 6.03. The van der Waals surface area contributed by atoms with Crippen molar-refractivity contribution in [1.82, 2.24) is 15.2 Å². The van der Waals surface area contributed by atoms with E-state index in [-0.39, 0.29) is 5.91 Å². The first kappa shape index (κ1) is 9.20. The van der Waals surface area contributed by atoms with Crippen LogP contribution < -0.4 is 11.1 Å². The third-order valence-corrected chi connectivity index (χ3v) is 1.86. The Hall–Kier alpha value is -2.37. The van der Waals surface area contributed by atoms with Gasteiger partial charge >= 0.3 is 0 Å². The van der Waals surface area contributed by atoms with Gasteiger partial charge in [0.2, 0.25) is 0 Å². The van der Waals surface area contributed by atoms with E-state index < -0.39 is 0 Å². The van der Waals surface area contributed by atoms with Crippen LogP contribution in [0.4, 0.5) is 11.4 Å². The monoisotopic (exact) mass is 203 g/mol. The minimum atomic E-state index is -0.304. The molecule has 2 aromatic rings. The molecule has 0 atom stereocenters. The van der Waals surface area contributed by atoms with E-state index >= 15 is 0 Å². The number of nitrogens with zero attached hydrogens (tertiary/aromatic N) is 2. The number of hydrogen-bond acceptors (Lipinski definition) is 4. The van der Waals surface area contributed by atoms with Crippen molar-refractivity contribution >= 4 is 17.3 Å². The SMILES string of the molecule is Nc1ccncc1C(=O)Nc1cn[nH]c1. The Morgan fingerprint density at radius 2 is 2.33 bits per heavy atom. The molecule has 0 bridgehead atoms. The first-order valence-corrected chi connectivity index (χ1v) is 4.27. The van der Waals surface area contributed by atoms with Crippen molar-refractivity contribution in [1.29, 1.82) is 0 Å². The zero-order valence-electron chi connectivity index (χ0n) is 7.77. The summed E-state index contributed by atoms with van der Waals surface area (Å²) >= 11 is 0. The number of aromatic nitrogens is 3. The van der Waals surface area contributed by atoms with Crippen molar-refractivity contribution in [3.05, 3.63) is 36.4 Å². The molecule has 0 aromatic carbocycles. The van der Waals surface area contributed by atoms with Crippen LogP contribution in [0, 0.1) is 0 Å². The van der Waals surface area contributed by atoms with Gasteiger partial charge in [0.1, 0.15) is 0 Å². The Labute approximate surface area is 85.5 Å². The number of hydrogen-bond donors (Lipinski definition) is 3. The molecule has 0 unspecified atom stereocenters. The van der Waals surface area contributed by atoms with Crippen LogP contribution in [-0.4, -0.2) is 21.1 Å². The van der Waals surface area contributed by atoms with Crippen LogP contribution in [0.15, 0.2) is 30.9 Å². The van der Waals surface area contributed by atoms with Gasteiger partial charge < -0.3 is 11.1 Å². The molecule has 0 radical (unpaired) electrons. The van der Waals surface area contributed by atoms with E-state index in [1.54, 1.807) is 12.3 Å². The third kappa shape index (κ3) is 1.93. The fraction of sp³-hybridized carbons (Fsp3) is 0. The summed E-state index contributed by atoms with van der Waals surface area (Å²) in [4.78, 5) is 15.5. The molecule has 1 amide bonds. The molecule has 0 saturated heterocycles. The number of nitrogens with one attached hydrogen (secondary N) is 2. The van der Waals surface area contributed by atoms with E-state index in [0.29, 0.717) is 16.9 Å². The summed E-state index contributed by atoms with van der Waals surface area (Å²) in [5.74, 6) is -0.304. The molecular formula is C9H9N5O. The van der Waals surface area contributed by atoms with Gasteiger partial charge in [-0.2, -0.15) is 5.10 Å². The van der Waals surface area contributed by atoms with Crippen molar-refractivity contribution in [3.63, 3.8) is 0 Å². The van der Waals surface area contributed by atoms with Crippen molar-refractivity contribution in [3.8, 4) is 0 Å². The highest BCUT2D eigenvalue weighted by Crippen LogP contribution is 2.11. The summed E-state index contributed by atoms with van der Waals surface area (Å²) in [5.41, 5.74) is 6.95. The van der Waals surface area contributed by atoms with E-state index in [4.69, 9.17) is 5.73 Å². The van der Waals surface area contributed by atoms with Crippen LogP contribution in [0.1, 0.15) is 10.4 Å². The maximum atomic E-state index is 11.7. The molecule has 0 aliphatic carbocycles. The number of H-pyrrole nitrogens is 1. The molecule has 6 heteroatoms. The number of nitrogens with two attached hydrogens (primary N) is 1. The van der Waals surface area contributed by atoms with Gasteiger partial charge in [-0.1, -0.05) is 0 Å². The molecule has 0 aliphatic rings. The van der Waals surface area contributed by atoms with E-state index in [0.717, 1.165) is 0 Å². The first-order chi connectivity index (χ1) is 7.27. The number of anilines is 2. The van der Waals surface area contributed by atoms with Crippen molar-refractivity contribution in [2.24, 2.45) is 0 Å². The zero-order chi connectivity index (χ0) is 10.7. The zero-order valence-corrected chi connectivity index (χ0v) is 7.77. The van der Waals surface area contributed by atoms with E-state index in [1.807, 2.05) is 0 Å². The largest absolute Gasteiger partial charge is 0.398 e. The minimum Gasteiger partial charge on any atom is -0.398 e. The number of amides is 1. The maximum absolute atomic E-state index is 11.7. The van der Waals surface area contributed by atoms with Gasteiger partial charge in [-0.15, -0.1) is 0 Å². The second-order valence-electron chi connectivity index (χ2n) is 2.90. The maximum Gasteiger partial charge on any atom is 0.259 e. The van der Waals surface area contributed by atoms with Gasteiger partial charge in [0.25, 0.3) is 5.91 Å². The Bertz CT molecular complexity index is 465. The van der Waals surface area contributed by atoms with Gasteiger partial charge in [-0.3, -0.25) is 14.9 Å². The molecule has 4 N–H and O–H groups in total.